The molecule has 182 valence electrons. The van der Waals surface area contributed by atoms with Crippen LogP contribution in [0.15, 0.2) is 42.5 Å². The van der Waals surface area contributed by atoms with Crippen molar-refractivity contribution in [2.75, 3.05) is 6.54 Å². The summed E-state index contributed by atoms with van der Waals surface area (Å²) in [6.07, 6.45) is 4.87. The van der Waals surface area contributed by atoms with Gasteiger partial charge < -0.3 is 10.6 Å². The number of thiazole rings is 1. The number of piperidine rings is 1. The van der Waals surface area contributed by atoms with Crippen LogP contribution < -0.4 is 10.6 Å². The second kappa shape index (κ2) is 10.2. The van der Waals surface area contributed by atoms with E-state index in [0.29, 0.717) is 11.6 Å². The van der Waals surface area contributed by atoms with Gasteiger partial charge in [-0.25, -0.2) is 9.37 Å². The monoisotopic (exact) mass is 511 g/mol. The molecule has 1 saturated heterocycles. The van der Waals surface area contributed by atoms with E-state index in [1.54, 1.807) is 11.3 Å². The predicted molar refractivity (Wildman–Crippen MR) is 137 cm³/mol. The van der Waals surface area contributed by atoms with Gasteiger partial charge in [0, 0.05) is 12.0 Å². The van der Waals surface area contributed by atoms with Crippen molar-refractivity contribution in [1.29, 1.82) is 0 Å². The number of benzene rings is 2. The van der Waals surface area contributed by atoms with Gasteiger partial charge in [0.05, 0.1) is 20.5 Å². The lowest BCUT2D eigenvalue weighted by Crippen LogP contribution is -2.55. The zero-order chi connectivity index (χ0) is 24.5. The molecule has 1 aliphatic carbocycles. The van der Waals surface area contributed by atoms with Crippen LogP contribution in [-0.4, -0.2) is 35.3 Å². The topological polar surface area (TPSA) is 71.1 Å². The number of aryl methyl sites for hydroxylation is 1. The van der Waals surface area contributed by atoms with Crippen LogP contribution in [0.3, 0.4) is 0 Å². The molecular weight excluding hydrogens is 485 g/mol. The van der Waals surface area contributed by atoms with E-state index in [1.807, 2.05) is 25.1 Å². The Morgan fingerprint density at radius 1 is 1.17 bits per heavy atom. The fraction of sp³-hybridized carbons (Fsp3) is 0.370. The average molecular weight is 512 g/mol. The first kappa shape index (κ1) is 24.1. The third-order valence-electron chi connectivity index (χ3n) is 6.60. The number of Topliss-reactive ketones (excluding diaryl/α,β-unsaturated/α-hetero) is 1. The number of halogens is 2. The fourth-order valence-corrected chi connectivity index (χ4v) is 6.00. The van der Waals surface area contributed by atoms with Crippen LogP contribution in [0.4, 0.5) is 4.39 Å². The van der Waals surface area contributed by atoms with Crippen molar-refractivity contribution in [2.45, 2.75) is 57.0 Å². The molecule has 2 fully saturated rings. The number of aromatic nitrogens is 1. The minimum absolute atomic E-state index is 0.0103. The number of carbonyl (C=O) groups is 2. The highest BCUT2D eigenvalue weighted by Crippen LogP contribution is 2.45. The number of amides is 1. The molecule has 2 aliphatic rings. The average Bonchev–Trinajstić information content (AvgIpc) is 3.62. The number of carbonyl (C=O) groups excluding carboxylic acids is 2. The quantitative estimate of drug-likeness (QED) is 0.387. The molecule has 1 unspecified atom stereocenters. The minimum Gasteiger partial charge on any atom is -0.340 e. The lowest BCUT2D eigenvalue weighted by Gasteiger charge is -2.31. The van der Waals surface area contributed by atoms with Crippen molar-refractivity contribution in [1.82, 2.24) is 15.6 Å². The maximum Gasteiger partial charge on any atom is 0.253 e. The number of hydrogen-bond donors (Lipinski definition) is 2. The van der Waals surface area contributed by atoms with Gasteiger partial charge in [-0.1, -0.05) is 53.9 Å². The number of nitrogens with one attached hydrogen (secondary N) is 2. The van der Waals surface area contributed by atoms with Gasteiger partial charge in [-0.05, 0) is 56.8 Å². The van der Waals surface area contributed by atoms with Crippen LogP contribution in [-0.2, 0) is 0 Å². The van der Waals surface area contributed by atoms with E-state index in [9.17, 15) is 14.0 Å². The summed E-state index contributed by atoms with van der Waals surface area (Å²) in [6.45, 7) is 2.78. The summed E-state index contributed by atoms with van der Waals surface area (Å²) in [4.78, 5) is 32.9. The number of ketones is 1. The van der Waals surface area contributed by atoms with Gasteiger partial charge in [-0.15, -0.1) is 11.3 Å². The van der Waals surface area contributed by atoms with E-state index in [4.69, 9.17) is 16.6 Å². The number of hydrogen-bond acceptors (Lipinski definition) is 5. The van der Waals surface area contributed by atoms with Gasteiger partial charge in [0.2, 0.25) is 5.78 Å². The lowest BCUT2D eigenvalue weighted by molar-refractivity contribution is 0.0823. The molecule has 1 saturated carbocycles. The van der Waals surface area contributed by atoms with Gasteiger partial charge in [0.25, 0.3) is 5.91 Å². The Bertz CT molecular complexity index is 1270. The van der Waals surface area contributed by atoms with E-state index >= 15 is 0 Å². The van der Waals surface area contributed by atoms with E-state index in [-0.39, 0.29) is 22.4 Å². The van der Waals surface area contributed by atoms with Crippen LogP contribution in [0, 0.1) is 12.7 Å². The van der Waals surface area contributed by atoms with Crippen LogP contribution in [0.25, 0.3) is 10.4 Å². The zero-order valence-electron chi connectivity index (χ0n) is 19.4. The molecule has 5 rings (SSSR count). The highest BCUT2D eigenvalue weighted by atomic mass is 35.5. The highest BCUT2D eigenvalue weighted by Gasteiger charge is 2.37. The number of rotatable bonds is 7. The third-order valence-corrected chi connectivity index (χ3v) is 8.25. The largest absolute Gasteiger partial charge is 0.340 e. The van der Waals surface area contributed by atoms with Crippen molar-refractivity contribution in [3.8, 4) is 10.4 Å². The molecule has 0 spiro atoms. The first-order valence-electron chi connectivity index (χ1n) is 12.0. The van der Waals surface area contributed by atoms with Gasteiger partial charge >= 0.3 is 0 Å². The lowest BCUT2D eigenvalue weighted by atomic mass is 9.92. The fourth-order valence-electron chi connectivity index (χ4n) is 4.55. The Balaban J connectivity index is 1.52. The smallest absolute Gasteiger partial charge is 0.253 e. The van der Waals surface area contributed by atoms with Crippen molar-refractivity contribution >= 4 is 34.6 Å². The van der Waals surface area contributed by atoms with Gasteiger partial charge in [-0.2, -0.15) is 0 Å². The van der Waals surface area contributed by atoms with E-state index in [1.165, 1.54) is 18.2 Å². The molecular formula is C27H27ClFN3O2S. The summed E-state index contributed by atoms with van der Waals surface area (Å²) in [5, 5.41) is 6.99. The molecule has 0 radical (unpaired) electrons. The molecule has 0 bridgehead atoms. The predicted octanol–water partition coefficient (Wildman–Crippen LogP) is 5.91. The Kier molecular flexibility index (Phi) is 7.00. The second-order valence-electron chi connectivity index (χ2n) is 9.35. The molecule has 2 aromatic carbocycles. The molecule has 1 amide bonds. The Morgan fingerprint density at radius 2 is 1.97 bits per heavy atom. The third kappa shape index (κ3) is 5.17. The summed E-state index contributed by atoms with van der Waals surface area (Å²) >= 11 is 7.64. The van der Waals surface area contributed by atoms with E-state index in [2.05, 4.69) is 16.7 Å². The van der Waals surface area contributed by atoms with Gasteiger partial charge in [0.15, 0.2) is 0 Å². The van der Waals surface area contributed by atoms with Gasteiger partial charge in [0.1, 0.15) is 17.6 Å². The first-order valence-corrected chi connectivity index (χ1v) is 13.2. The molecule has 2 heterocycles. The highest BCUT2D eigenvalue weighted by molar-refractivity contribution is 7.15. The number of nitrogens with zero attached hydrogens (tertiary/aromatic N) is 1. The summed E-state index contributed by atoms with van der Waals surface area (Å²) < 4.78 is 14.0. The second-order valence-corrected chi connectivity index (χ2v) is 10.8. The van der Waals surface area contributed by atoms with Crippen molar-refractivity contribution in [2.24, 2.45) is 0 Å². The zero-order valence-corrected chi connectivity index (χ0v) is 21.0. The van der Waals surface area contributed by atoms with Crippen molar-refractivity contribution in [3.05, 3.63) is 75.1 Å². The SMILES string of the molecule is Cc1cccc(-c2sc(C3CC3)nc2C(=O)[C@@H](NC(=O)c2cccc(F)c2Cl)C2CCCCN2)c1. The normalized spacial score (nSPS) is 18.8. The van der Waals surface area contributed by atoms with Crippen LogP contribution in [0.1, 0.15) is 69.4 Å². The standard InChI is InChI=1S/C27H27ClFN3O2S/c1-15-6-4-7-17(14-15)25-23(32-27(35-25)16-11-12-16)24(33)22(20-10-2-3-13-30-20)31-26(34)18-8-5-9-19(29)21(18)28/h4-9,14,16,20,22,30H,2-3,10-13H2,1H3,(H,31,34)/t20?,22-/m0/s1. The van der Waals surface area contributed by atoms with Crippen molar-refractivity contribution < 1.29 is 14.0 Å². The molecule has 2 N–H and O–H groups in total. The summed E-state index contributed by atoms with van der Waals surface area (Å²) in [5.41, 5.74) is 2.45. The first-order chi connectivity index (χ1) is 16.9. The summed E-state index contributed by atoms with van der Waals surface area (Å²) in [5.74, 6) is -1.08. The summed E-state index contributed by atoms with van der Waals surface area (Å²) in [7, 11) is 0. The Labute approximate surface area is 213 Å². The molecule has 1 aliphatic heterocycles. The molecule has 5 nitrogen and oxygen atoms in total. The minimum atomic E-state index is -0.847. The maximum atomic E-state index is 14.1. The van der Waals surface area contributed by atoms with Crippen LogP contribution in [0.5, 0.6) is 0 Å². The Morgan fingerprint density at radius 3 is 2.69 bits per heavy atom. The molecule has 3 aromatic rings. The van der Waals surface area contributed by atoms with Crippen LogP contribution >= 0.6 is 22.9 Å². The molecule has 2 atom stereocenters. The van der Waals surface area contributed by atoms with Crippen molar-refractivity contribution in [3.63, 3.8) is 0 Å². The molecule has 1 aromatic heterocycles. The molecule has 8 heteroatoms. The maximum absolute atomic E-state index is 14.1. The van der Waals surface area contributed by atoms with E-state index < -0.39 is 17.8 Å². The van der Waals surface area contributed by atoms with Gasteiger partial charge in [-0.3, -0.25) is 9.59 Å². The Hall–Kier alpha value is -2.61. The summed E-state index contributed by atoms with van der Waals surface area (Å²) in [6, 6.07) is 11.0. The van der Waals surface area contributed by atoms with E-state index in [0.717, 1.165) is 59.7 Å². The van der Waals surface area contributed by atoms with Crippen LogP contribution in [0.2, 0.25) is 5.02 Å². The molecule has 35 heavy (non-hydrogen) atoms.